The van der Waals surface area contributed by atoms with Crippen molar-refractivity contribution in [3.63, 3.8) is 0 Å². The van der Waals surface area contributed by atoms with Gasteiger partial charge in [0.1, 0.15) is 6.17 Å². The molecule has 254 valence electrons. The van der Waals surface area contributed by atoms with Gasteiger partial charge in [-0.15, -0.1) is 11.8 Å². The molecule has 48 heavy (non-hydrogen) atoms. The molecule has 0 radical (unpaired) electrons. The van der Waals surface area contributed by atoms with E-state index >= 15 is 4.39 Å². The Labute approximate surface area is 287 Å². The highest BCUT2D eigenvalue weighted by Gasteiger charge is 2.39. The van der Waals surface area contributed by atoms with Crippen LogP contribution in [0.2, 0.25) is 0 Å². The van der Waals surface area contributed by atoms with E-state index < -0.39 is 40.7 Å². The van der Waals surface area contributed by atoms with Gasteiger partial charge in [0.05, 0.1) is 15.6 Å². The number of hydrogen-bond acceptors (Lipinski definition) is 7. The van der Waals surface area contributed by atoms with Crippen molar-refractivity contribution < 1.29 is 38.9 Å². The minimum absolute atomic E-state index is 0.0622. The standard InChI is InChI=1S/C36H39FN2O7S2/c37-30-22-26(24-10-4-1-5-11-24)19-20-36(30,47-21-9-3-8-14-32(42)43)23-29-33(44)39-35(48-29)38-27-17-15-25(16-18-27)28(34(45)46)12-6-2-7-13-31(40)41/h1,4-5,10-11,15-20,22-23,28,30H,2-3,6-9,12-14,21H2,(H,40,41)(H,42,43)(H,45,46)(H,38,39,44). The lowest BCUT2D eigenvalue weighted by molar-refractivity contribution is -0.139. The molecular formula is C36H39FN2O7S2. The maximum Gasteiger partial charge on any atom is 0.310 e. The second-order valence-corrected chi connectivity index (χ2v) is 14.0. The molecule has 9 nitrogen and oxygen atoms in total. The lowest BCUT2D eigenvalue weighted by Gasteiger charge is -2.32. The average molecular weight is 695 g/mol. The summed E-state index contributed by atoms with van der Waals surface area (Å²) in [6.07, 6.45) is 9.63. The molecule has 4 rings (SSSR count). The normalized spacial score (nSPS) is 20.3. The third-order valence-corrected chi connectivity index (χ3v) is 10.4. The Hall–Kier alpha value is -4.16. The largest absolute Gasteiger partial charge is 0.481 e. The van der Waals surface area contributed by atoms with Crippen LogP contribution in [-0.4, -0.2) is 61.0 Å². The highest BCUT2D eigenvalue weighted by molar-refractivity contribution is 8.18. The molecule has 0 saturated carbocycles. The van der Waals surface area contributed by atoms with Crippen molar-refractivity contribution in [3.05, 3.63) is 94.9 Å². The zero-order valence-electron chi connectivity index (χ0n) is 26.3. The molecule has 2 aromatic carbocycles. The van der Waals surface area contributed by atoms with Crippen LogP contribution >= 0.6 is 23.5 Å². The van der Waals surface area contributed by atoms with E-state index in [0.717, 1.165) is 22.9 Å². The minimum atomic E-state index is -1.44. The van der Waals surface area contributed by atoms with Crippen LogP contribution in [0.4, 0.5) is 10.1 Å². The van der Waals surface area contributed by atoms with E-state index in [1.165, 1.54) is 11.8 Å². The number of rotatable bonds is 18. The molecule has 3 atom stereocenters. The number of carboxylic acids is 3. The number of nitrogens with zero attached hydrogens (tertiary/aromatic N) is 1. The number of carboxylic acid groups (broad SMARTS) is 3. The van der Waals surface area contributed by atoms with Crippen molar-refractivity contribution in [1.82, 2.24) is 0 Å². The number of carbonyl (C=O) groups is 4. The first-order valence-corrected chi connectivity index (χ1v) is 17.7. The summed E-state index contributed by atoms with van der Waals surface area (Å²) in [6, 6.07) is 16.3. The van der Waals surface area contributed by atoms with Crippen LogP contribution in [0.3, 0.4) is 0 Å². The van der Waals surface area contributed by atoms with Crippen LogP contribution in [0.25, 0.3) is 5.57 Å². The first-order valence-electron chi connectivity index (χ1n) is 15.9. The molecule has 4 N–H and O–H groups in total. The summed E-state index contributed by atoms with van der Waals surface area (Å²) >= 11 is 2.48. The van der Waals surface area contributed by atoms with Crippen molar-refractivity contribution in [1.29, 1.82) is 0 Å². The van der Waals surface area contributed by atoms with Gasteiger partial charge >= 0.3 is 17.9 Å². The topological polar surface area (TPSA) is 153 Å². The van der Waals surface area contributed by atoms with Gasteiger partial charge in [-0.3, -0.25) is 19.2 Å². The van der Waals surface area contributed by atoms with Crippen LogP contribution in [0, 0.1) is 0 Å². The number of thioether (sulfide) groups is 2. The lowest BCUT2D eigenvalue weighted by atomic mass is 9.90. The van der Waals surface area contributed by atoms with Crippen LogP contribution in [0.1, 0.15) is 74.8 Å². The number of aliphatic carboxylic acids is 3. The Bertz CT molecular complexity index is 1590. The number of amides is 1. The number of aliphatic imine (C=N–C) groups is 1. The van der Waals surface area contributed by atoms with E-state index in [4.69, 9.17) is 10.2 Å². The monoisotopic (exact) mass is 694 g/mol. The van der Waals surface area contributed by atoms with Crippen LogP contribution < -0.4 is 5.32 Å². The third kappa shape index (κ3) is 10.7. The molecule has 2 aliphatic rings. The van der Waals surface area contributed by atoms with Crippen LogP contribution in [0.5, 0.6) is 0 Å². The fourth-order valence-corrected chi connectivity index (χ4v) is 7.67. The van der Waals surface area contributed by atoms with E-state index in [2.05, 4.69) is 10.3 Å². The Morgan fingerprint density at radius 1 is 0.938 bits per heavy atom. The Morgan fingerprint density at radius 3 is 2.23 bits per heavy atom. The predicted molar refractivity (Wildman–Crippen MR) is 189 cm³/mol. The fourth-order valence-electron chi connectivity index (χ4n) is 5.40. The lowest BCUT2D eigenvalue weighted by Crippen LogP contribution is -2.34. The van der Waals surface area contributed by atoms with Gasteiger partial charge in [0.25, 0.3) is 5.91 Å². The number of amidine groups is 1. The Balaban J connectivity index is 1.43. The van der Waals surface area contributed by atoms with Gasteiger partial charge in [-0.1, -0.05) is 73.9 Å². The second-order valence-electron chi connectivity index (χ2n) is 11.6. The van der Waals surface area contributed by atoms with E-state index in [0.29, 0.717) is 67.1 Å². The highest BCUT2D eigenvalue weighted by Crippen LogP contribution is 2.43. The maximum atomic E-state index is 16.1. The number of carbonyl (C=O) groups excluding carboxylic acids is 1. The van der Waals surface area contributed by atoms with Gasteiger partial charge in [-0.25, -0.2) is 4.39 Å². The molecule has 0 spiro atoms. The summed E-state index contributed by atoms with van der Waals surface area (Å²) in [4.78, 5) is 50.9. The van der Waals surface area contributed by atoms with Gasteiger partial charge in [0.2, 0.25) is 0 Å². The molecule has 1 aliphatic heterocycles. The predicted octanol–water partition coefficient (Wildman–Crippen LogP) is 7.92. The molecule has 0 aromatic heterocycles. The molecule has 0 fully saturated rings. The third-order valence-electron chi connectivity index (χ3n) is 8.00. The molecule has 1 amide bonds. The SMILES string of the molecule is O=C(O)CCCCCSC1(C=C2SC(Nc3ccc(C(CCCCCC(=O)O)C(=O)O)cc3)=NC2=O)C=CC(c2ccccc2)=CC1F. The first-order chi connectivity index (χ1) is 23.1. The van der Waals surface area contributed by atoms with Crippen LogP contribution in [-0.2, 0) is 19.2 Å². The summed E-state index contributed by atoms with van der Waals surface area (Å²) in [6.45, 7) is 0. The summed E-state index contributed by atoms with van der Waals surface area (Å²) in [7, 11) is 0. The maximum absolute atomic E-state index is 16.1. The molecule has 3 unspecified atom stereocenters. The molecule has 0 saturated heterocycles. The number of hydrogen-bond donors (Lipinski definition) is 4. The second kappa shape index (κ2) is 17.8. The van der Waals surface area contributed by atoms with Crippen molar-refractivity contribution in [2.24, 2.45) is 4.99 Å². The van der Waals surface area contributed by atoms with E-state index in [-0.39, 0.29) is 17.7 Å². The van der Waals surface area contributed by atoms with Gasteiger partial charge in [0.15, 0.2) is 5.17 Å². The van der Waals surface area contributed by atoms with E-state index in [1.807, 2.05) is 36.4 Å². The Morgan fingerprint density at radius 2 is 1.60 bits per heavy atom. The zero-order valence-corrected chi connectivity index (χ0v) is 28.0. The smallest absolute Gasteiger partial charge is 0.310 e. The molecule has 1 aliphatic carbocycles. The first kappa shape index (κ1) is 36.7. The van der Waals surface area contributed by atoms with Crippen LogP contribution in [0.15, 0.2) is 88.8 Å². The van der Waals surface area contributed by atoms with Crippen molar-refractivity contribution in [3.8, 4) is 0 Å². The number of alkyl halides is 1. The average Bonchev–Trinajstić information content (AvgIpc) is 3.39. The fraction of sp³-hybridized carbons (Fsp3) is 0.361. The molecule has 0 bridgehead atoms. The van der Waals surface area contributed by atoms with Gasteiger partial charge in [0, 0.05) is 18.5 Å². The Kier molecular flexibility index (Phi) is 13.6. The highest BCUT2D eigenvalue weighted by atomic mass is 32.2. The summed E-state index contributed by atoms with van der Waals surface area (Å²) in [5.41, 5.74) is 2.85. The van der Waals surface area contributed by atoms with Crippen molar-refractivity contribution >= 4 is 63.8 Å². The van der Waals surface area contributed by atoms with E-state index in [9.17, 15) is 24.3 Å². The molecule has 2 aromatic rings. The number of unbranched alkanes of at least 4 members (excludes halogenated alkanes) is 4. The zero-order chi connectivity index (χ0) is 34.5. The van der Waals surface area contributed by atoms with E-state index in [1.54, 1.807) is 42.5 Å². The van der Waals surface area contributed by atoms with Gasteiger partial charge < -0.3 is 20.6 Å². The molecule has 12 heteroatoms. The molecule has 1 heterocycles. The number of benzene rings is 2. The summed E-state index contributed by atoms with van der Waals surface area (Å²) in [5.74, 6) is -3.31. The van der Waals surface area contributed by atoms with Gasteiger partial charge in [-0.05, 0) is 84.2 Å². The van der Waals surface area contributed by atoms with Crippen molar-refractivity contribution in [2.75, 3.05) is 11.1 Å². The summed E-state index contributed by atoms with van der Waals surface area (Å²) in [5, 5.41) is 30.9. The minimum Gasteiger partial charge on any atom is -0.481 e. The number of allylic oxidation sites excluding steroid dienone is 3. The van der Waals surface area contributed by atoms with Crippen molar-refractivity contribution in [2.45, 2.75) is 74.6 Å². The number of anilines is 1. The van der Waals surface area contributed by atoms with Gasteiger partial charge in [-0.2, -0.15) is 4.99 Å². The quantitative estimate of drug-likeness (QED) is 0.0894. The molecular weight excluding hydrogens is 656 g/mol. The number of nitrogens with one attached hydrogen (secondary N) is 1. The number of halogens is 1. The summed E-state index contributed by atoms with van der Waals surface area (Å²) < 4.78 is 15.0.